The van der Waals surface area contributed by atoms with Crippen molar-refractivity contribution in [3.05, 3.63) is 0 Å². The number of nitrogens with zero attached hydrogens (tertiary/aromatic N) is 1. The van der Waals surface area contributed by atoms with Crippen molar-refractivity contribution in [3.63, 3.8) is 0 Å². The van der Waals surface area contributed by atoms with Crippen molar-refractivity contribution < 1.29 is 14.3 Å². The summed E-state index contributed by atoms with van der Waals surface area (Å²) >= 11 is 0. The lowest BCUT2D eigenvalue weighted by atomic mass is 9.76. The smallest absolute Gasteiger partial charge is 0.242 e. The highest BCUT2D eigenvalue weighted by molar-refractivity contribution is 5.90. The number of amides is 2. The van der Waals surface area contributed by atoms with E-state index in [1.165, 1.54) is 4.90 Å². The molecule has 1 fully saturated rings. The molecule has 0 bridgehead atoms. The minimum atomic E-state index is -0.731. The number of ether oxygens (including phenoxy) is 1. The SMILES string of the molecule is COCCCNC(=O)CN(C)C(=O)C1(N)CCC1. The summed E-state index contributed by atoms with van der Waals surface area (Å²) in [7, 11) is 3.23. The van der Waals surface area contributed by atoms with Crippen molar-refractivity contribution in [1.82, 2.24) is 10.2 Å². The second kappa shape index (κ2) is 6.70. The number of nitrogens with two attached hydrogens (primary N) is 1. The second-order valence-corrected chi connectivity index (χ2v) is 4.87. The zero-order valence-electron chi connectivity index (χ0n) is 11.2. The molecule has 18 heavy (non-hydrogen) atoms. The van der Waals surface area contributed by atoms with Crippen LogP contribution in [-0.2, 0) is 14.3 Å². The Morgan fingerprint density at radius 2 is 2.11 bits per heavy atom. The fourth-order valence-corrected chi connectivity index (χ4v) is 1.94. The quantitative estimate of drug-likeness (QED) is 0.601. The third kappa shape index (κ3) is 3.96. The molecule has 1 aliphatic rings. The van der Waals surface area contributed by atoms with Crippen molar-refractivity contribution in [3.8, 4) is 0 Å². The first-order valence-corrected chi connectivity index (χ1v) is 6.30. The van der Waals surface area contributed by atoms with Gasteiger partial charge in [-0.3, -0.25) is 9.59 Å². The van der Waals surface area contributed by atoms with Crippen molar-refractivity contribution in [2.24, 2.45) is 5.73 Å². The number of likely N-dealkylation sites (N-methyl/N-ethyl adjacent to an activating group) is 1. The number of rotatable bonds is 7. The molecule has 104 valence electrons. The van der Waals surface area contributed by atoms with Gasteiger partial charge in [0.2, 0.25) is 11.8 Å². The van der Waals surface area contributed by atoms with E-state index >= 15 is 0 Å². The number of methoxy groups -OCH3 is 1. The highest BCUT2D eigenvalue weighted by atomic mass is 16.5. The maximum absolute atomic E-state index is 12.0. The van der Waals surface area contributed by atoms with E-state index in [1.807, 2.05) is 0 Å². The molecule has 0 aromatic heterocycles. The van der Waals surface area contributed by atoms with Crippen molar-refractivity contribution in [2.45, 2.75) is 31.2 Å². The standard InChI is InChI=1S/C12H23N3O3/c1-15(11(17)12(13)5-3-6-12)9-10(16)14-7-4-8-18-2/h3-9,13H2,1-2H3,(H,14,16). The van der Waals surface area contributed by atoms with Gasteiger partial charge in [0, 0.05) is 27.3 Å². The van der Waals surface area contributed by atoms with Gasteiger partial charge in [0.1, 0.15) is 0 Å². The normalized spacial score (nSPS) is 16.8. The lowest BCUT2D eigenvalue weighted by Gasteiger charge is -2.39. The Morgan fingerprint density at radius 3 is 2.61 bits per heavy atom. The average Bonchev–Trinajstić information content (AvgIpc) is 2.30. The van der Waals surface area contributed by atoms with Gasteiger partial charge in [-0.1, -0.05) is 0 Å². The molecule has 3 N–H and O–H groups in total. The summed E-state index contributed by atoms with van der Waals surface area (Å²) in [5.41, 5.74) is 5.19. The van der Waals surface area contributed by atoms with Gasteiger partial charge in [-0.2, -0.15) is 0 Å². The van der Waals surface area contributed by atoms with Crippen LogP contribution in [0.3, 0.4) is 0 Å². The Balaban J connectivity index is 2.24. The fraction of sp³-hybridized carbons (Fsp3) is 0.833. The molecule has 0 radical (unpaired) electrons. The largest absolute Gasteiger partial charge is 0.385 e. The fourth-order valence-electron chi connectivity index (χ4n) is 1.94. The first-order chi connectivity index (χ1) is 8.49. The van der Waals surface area contributed by atoms with Gasteiger partial charge in [0.25, 0.3) is 0 Å². The van der Waals surface area contributed by atoms with Gasteiger partial charge in [-0.15, -0.1) is 0 Å². The molecule has 0 unspecified atom stereocenters. The maximum Gasteiger partial charge on any atom is 0.242 e. The number of hydrogen-bond donors (Lipinski definition) is 2. The van der Waals surface area contributed by atoms with Crippen molar-refractivity contribution in [1.29, 1.82) is 0 Å². The number of hydrogen-bond acceptors (Lipinski definition) is 4. The predicted molar refractivity (Wildman–Crippen MR) is 67.9 cm³/mol. The van der Waals surface area contributed by atoms with Crippen LogP contribution in [-0.4, -0.2) is 56.1 Å². The third-order valence-corrected chi connectivity index (χ3v) is 3.25. The molecule has 0 heterocycles. The summed E-state index contributed by atoms with van der Waals surface area (Å²) in [5, 5.41) is 2.74. The molecule has 6 heteroatoms. The molecule has 0 aliphatic heterocycles. The van der Waals surface area contributed by atoms with E-state index in [4.69, 9.17) is 10.5 Å². The minimum Gasteiger partial charge on any atom is -0.385 e. The van der Waals surface area contributed by atoms with E-state index < -0.39 is 5.54 Å². The Hall–Kier alpha value is -1.14. The minimum absolute atomic E-state index is 0.0603. The molecule has 1 rings (SSSR count). The first-order valence-electron chi connectivity index (χ1n) is 6.30. The summed E-state index contributed by atoms with van der Waals surface area (Å²) < 4.78 is 4.88. The molecule has 0 atom stereocenters. The maximum atomic E-state index is 12.0. The van der Waals surface area contributed by atoms with E-state index in [0.717, 1.165) is 12.8 Å². The average molecular weight is 257 g/mol. The molecule has 2 amide bonds. The van der Waals surface area contributed by atoms with Gasteiger partial charge in [0.15, 0.2) is 0 Å². The van der Waals surface area contributed by atoms with Crippen molar-refractivity contribution in [2.75, 3.05) is 33.9 Å². The zero-order valence-corrected chi connectivity index (χ0v) is 11.2. The Bertz CT molecular complexity index is 303. The molecular formula is C12H23N3O3. The van der Waals surface area contributed by atoms with E-state index in [0.29, 0.717) is 26.0 Å². The van der Waals surface area contributed by atoms with Gasteiger partial charge in [0.05, 0.1) is 12.1 Å². The number of carbonyl (C=O) groups is 2. The van der Waals surface area contributed by atoms with Crippen LogP contribution >= 0.6 is 0 Å². The van der Waals surface area contributed by atoms with Crippen LogP contribution in [0.2, 0.25) is 0 Å². The molecule has 0 aromatic rings. The first kappa shape index (κ1) is 14.9. The number of nitrogens with one attached hydrogen (secondary N) is 1. The van der Waals surface area contributed by atoms with Crippen LogP contribution < -0.4 is 11.1 Å². The molecule has 0 spiro atoms. The van der Waals surface area contributed by atoms with Crippen LogP contribution in [0.1, 0.15) is 25.7 Å². The van der Waals surface area contributed by atoms with E-state index in [9.17, 15) is 9.59 Å². The predicted octanol–water partition coefficient (Wildman–Crippen LogP) is -0.521. The lowest BCUT2D eigenvalue weighted by Crippen LogP contribution is -2.59. The Kier molecular flexibility index (Phi) is 5.55. The van der Waals surface area contributed by atoms with Crippen molar-refractivity contribution >= 4 is 11.8 Å². The lowest BCUT2D eigenvalue weighted by molar-refractivity contribution is -0.141. The Morgan fingerprint density at radius 1 is 1.44 bits per heavy atom. The highest BCUT2D eigenvalue weighted by Crippen LogP contribution is 2.30. The van der Waals surface area contributed by atoms with Crippen LogP contribution in [0.4, 0.5) is 0 Å². The summed E-state index contributed by atoms with van der Waals surface area (Å²) in [6, 6.07) is 0. The molecule has 1 aliphatic carbocycles. The van der Waals surface area contributed by atoms with Gasteiger partial charge >= 0.3 is 0 Å². The van der Waals surface area contributed by atoms with Crippen LogP contribution in [0, 0.1) is 0 Å². The Labute approximate surface area is 108 Å². The third-order valence-electron chi connectivity index (χ3n) is 3.25. The summed E-state index contributed by atoms with van der Waals surface area (Å²) in [5.74, 6) is -0.300. The zero-order chi connectivity index (χ0) is 13.6. The van der Waals surface area contributed by atoms with Crippen LogP contribution in [0.15, 0.2) is 0 Å². The molecule has 0 aromatic carbocycles. The van der Waals surface area contributed by atoms with Crippen LogP contribution in [0.25, 0.3) is 0 Å². The van der Waals surface area contributed by atoms with E-state index in [1.54, 1.807) is 14.2 Å². The second-order valence-electron chi connectivity index (χ2n) is 4.87. The topological polar surface area (TPSA) is 84.7 Å². The summed E-state index contributed by atoms with van der Waals surface area (Å²) in [4.78, 5) is 24.9. The molecule has 1 saturated carbocycles. The molecule has 0 saturated heterocycles. The molecular weight excluding hydrogens is 234 g/mol. The van der Waals surface area contributed by atoms with Gasteiger partial charge < -0.3 is 20.7 Å². The molecule has 6 nitrogen and oxygen atoms in total. The summed E-state index contributed by atoms with van der Waals surface area (Å²) in [6.45, 7) is 1.23. The summed E-state index contributed by atoms with van der Waals surface area (Å²) in [6.07, 6.45) is 3.18. The van der Waals surface area contributed by atoms with Gasteiger partial charge in [-0.05, 0) is 25.7 Å². The monoisotopic (exact) mass is 257 g/mol. The number of carbonyl (C=O) groups excluding carboxylic acids is 2. The van der Waals surface area contributed by atoms with Crippen LogP contribution in [0.5, 0.6) is 0 Å². The van der Waals surface area contributed by atoms with E-state index in [-0.39, 0.29) is 18.4 Å². The van der Waals surface area contributed by atoms with E-state index in [2.05, 4.69) is 5.32 Å². The highest BCUT2D eigenvalue weighted by Gasteiger charge is 2.42. The van der Waals surface area contributed by atoms with Gasteiger partial charge in [-0.25, -0.2) is 0 Å².